The molecular formula is C45H53N5O6. The molecule has 3 heterocycles. The standard InChI is InChI=1S/C45H53N5O6/c1-29(2)36(27-41(53)56-5)44(54)50-24-10-14-39(50)43-46-28-37(47-43)33-21-19-32(20-22-33)31-17-15-30(16-18-31)25-35(51)26-40(52)38-13-9-23-49(38)45(55)42(48(3)4)34-11-7-6-8-12-34/h6-8,11-12,15-22,28-29,36,38-39,42H,9-10,13-14,23-27H2,1-5H3,(H,46,47)/t36-,38-,39-,42+/m0/s1. The minimum atomic E-state index is -0.584. The number of Topliss-reactive ketones (excluding diaryl/α,β-unsaturated/α-hetero) is 2. The zero-order chi connectivity index (χ0) is 39.9. The van der Waals surface area contributed by atoms with Crippen molar-refractivity contribution in [3.63, 3.8) is 0 Å². The first kappa shape index (κ1) is 40.2. The molecule has 1 N–H and O–H groups in total. The fraction of sp³-hybridized carbons (Fsp3) is 0.422. The lowest BCUT2D eigenvalue weighted by atomic mass is 9.91. The summed E-state index contributed by atoms with van der Waals surface area (Å²) in [5, 5.41) is 0. The predicted octanol–water partition coefficient (Wildman–Crippen LogP) is 6.61. The lowest BCUT2D eigenvalue weighted by Gasteiger charge is -2.31. The molecule has 11 nitrogen and oxygen atoms in total. The number of ketones is 2. The summed E-state index contributed by atoms with van der Waals surface area (Å²) < 4.78 is 4.86. The van der Waals surface area contributed by atoms with Crippen LogP contribution in [0.4, 0.5) is 0 Å². The second-order valence-electron chi connectivity index (χ2n) is 15.6. The fourth-order valence-electron chi connectivity index (χ4n) is 8.13. The number of aromatic nitrogens is 2. The summed E-state index contributed by atoms with van der Waals surface area (Å²) in [6.45, 7) is 5.04. The van der Waals surface area contributed by atoms with E-state index in [1.54, 1.807) is 11.1 Å². The van der Waals surface area contributed by atoms with Crippen LogP contribution in [-0.2, 0) is 35.1 Å². The highest BCUT2D eigenvalue weighted by Crippen LogP contribution is 2.35. The Labute approximate surface area is 329 Å². The molecule has 0 spiro atoms. The van der Waals surface area contributed by atoms with Gasteiger partial charge >= 0.3 is 5.97 Å². The van der Waals surface area contributed by atoms with Gasteiger partial charge in [0.05, 0.1) is 49.8 Å². The van der Waals surface area contributed by atoms with Gasteiger partial charge in [0.1, 0.15) is 17.6 Å². The molecule has 4 aromatic rings. The molecule has 11 heteroatoms. The Morgan fingerprint density at radius 3 is 2.09 bits per heavy atom. The number of amides is 2. The van der Waals surface area contributed by atoms with Crippen molar-refractivity contribution < 1.29 is 28.7 Å². The lowest BCUT2D eigenvalue weighted by molar-refractivity contribution is -0.148. The van der Waals surface area contributed by atoms with Gasteiger partial charge in [0, 0.05) is 19.5 Å². The maximum atomic E-state index is 13.7. The Kier molecular flexibility index (Phi) is 13.0. The molecule has 3 aromatic carbocycles. The molecule has 0 unspecified atom stereocenters. The number of aromatic amines is 1. The summed E-state index contributed by atoms with van der Waals surface area (Å²) in [5.41, 5.74) is 5.52. The van der Waals surface area contributed by atoms with Crippen LogP contribution >= 0.6 is 0 Å². The van der Waals surface area contributed by atoms with Crippen LogP contribution in [0.3, 0.4) is 0 Å². The number of carbonyl (C=O) groups is 5. The molecule has 2 aliphatic rings. The van der Waals surface area contributed by atoms with Crippen LogP contribution in [0.25, 0.3) is 22.4 Å². The number of hydrogen-bond donors (Lipinski definition) is 1. The zero-order valence-corrected chi connectivity index (χ0v) is 33.1. The van der Waals surface area contributed by atoms with E-state index in [4.69, 9.17) is 4.74 Å². The molecule has 2 saturated heterocycles. The monoisotopic (exact) mass is 759 g/mol. The molecule has 2 aliphatic heterocycles. The van der Waals surface area contributed by atoms with E-state index < -0.39 is 18.0 Å². The minimum Gasteiger partial charge on any atom is -0.469 e. The first-order valence-electron chi connectivity index (χ1n) is 19.6. The van der Waals surface area contributed by atoms with E-state index in [0.717, 1.165) is 58.6 Å². The van der Waals surface area contributed by atoms with E-state index in [1.165, 1.54) is 7.11 Å². The number of methoxy groups -OCH3 is 1. The number of ether oxygens (including phenoxy) is 1. The van der Waals surface area contributed by atoms with Crippen molar-refractivity contribution in [1.29, 1.82) is 0 Å². The van der Waals surface area contributed by atoms with Crippen LogP contribution in [0.1, 0.15) is 81.4 Å². The van der Waals surface area contributed by atoms with Crippen molar-refractivity contribution in [2.24, 2.45) is 11.8 Å². The summed E-state index contributed by atoms with van der Waals surface area (Å²) in [6, 6.07) is 24.2. The van der Waals surface area contributed by atoms with Crippen molar-refractivity contribution in [2.45, 2.75) is 76.9 Å². The molecule has 0 aliphatic carbocycles. The lowest BCUT2D eigenvalue weighted by Crippen LogP contribution is -2.46. The van der Waals surface area contributed by atoms with Gasteiger partial charge in [-0.05, 0) is 73.5 Å². The zero-order valence-electron chi connectivity index (χ0n) is 33.1. The van der Waals surface area contributed by atoms with Crippen LogP contribution in [0, 0.1) is 11.8 Å². The Hall–Kier alpha value is -5.42. The van der Waals surface area contributed by atoms with Crippen LogP contribution in [0.2, 0.25) is 0 Å². The summed E-state index contributed by atoms with van der Waals surface area (Å²) >= 11 is 0. The number of imidazole rings is 1. The van der Waals surface area contributed by atoms with Crippen molar-refractivity contribution in [2.75, 3.05) is 34.3 Å². The van der Waals surface area contributed by atoms with Crippen molar-refractivity contribution in [1.82, 2.24) is 24.7 Å². The SMILES string of the molecule is COC(=O)C[C@H](C(=O)N1CCC[C@H]1c1ncc(-c2ccc(-c3ccc(CC(=O)CC(=O)[C@@H]4CCCN4C(=O)[C@@H](c4ccccc4)N(C)C)cc3)cc2)[nH]1)C(C)C. The first-order valence-corrected chi connectivity index (χ1v) is 19.6. The van der Waals surface area contributed by atoms with Gasteiger partial charge in [-0.3, -0.25) is 28.9 Å². The maximum Gasteiger partial charge on any atom is 0.306 e. The normalized spacial score (nSPS) is 18.0. The second kappa shape index (κ2) is 18.0. The number of nitrogens with zero attached hydrogens (tertiary/aromatic N) is 4. The number of nitrogens with one attached hydrogen (secondary N) is 1. The van der Waals surface area contributed by atoms with E-state index in [2.05, 4.69) is 9.97 Å². The summed E-state index contributed by atoms with van der Waals surface area (Å²) in [6.07, 6.45) is 4.77. The maximum absolute atomic E-state index is 13.7. The molecule has 56 heavy (non-hydrogen) atoms. The van der Waals surface area contributed by atoms with Crippen molar-refractivity contribution in [3.05, 3.63) is 102 Å². The van der Waals surface area contributed by atoms with Gasteiger partial charge in [0.2, 0.25) is 11.8 Å². The molecular weight excluding hydrogens is 707 g/mol. The third-order valence-corrected chi connectivity index (χ3v) is 11.2. The summed E-state index contributed by atoms with van der Waals surface area (Å²) in [4.78, 5) is 79.3. The average Bonchev–Trinajstić information content (AvgIpc) is 3.99. The third kappa shape index (κ3) is 9.16. The number of hydrogen-bond acceptors (Lipinski definition) is 8. The van der Waals surface area contributed by atoms with E-state index >= 15 is 0 Å². The second-order valence-corrected chi connectivity index (χ2v) is 15.6. The van der Waals surface area contributed by atoms with Gasteiger partial charge in [0.15, 0.2) is 5.78 Å². The Morgan fingerprint density at radius 1 is 0.821 bits per heavy atom. The molecule has 0 saturated carbocycles. The number of benzene rings is 3. The summed E-state index contributed by atoms with van der Waals surface area (Å²) in [7, 11) is 5.07. The number of H-pyrrole nitrogens is 1. The van der Waals surface area contributed by atoms with Gasteiger partial charge < -0.3 is 19.5 Å². The van der Waals surface area contributed by atoms with E-state index in [-0.39, 0.29) is 60.6 Å². The van der Waals surface area contributed by atoms with Crippen molar-refractivity contribution >= 4 is 29.4 Å². The molecule has 4 atom stereocenters. The molecule has 2 amide bonds. The number of esters is 1. The Morgan fingerprint density at radius 2 is 1.45 bits per heavy atom. The predicted molar refractivity (Wildman–Crippen MR) is 214 cm³/mol. The van der Waals surface area contributed by atoms with E-state index in [9.17, 15) is 24.0 Å². The van der Waals surface area contributed by atoms with Gasteiger partial charge in [-0.1, -0.05) is 92.7 Å². The fourth-order valence-corrected chi connectivity index (χ4v) is 8.13. The van der Waals surface area contributed by atoms with E-state index in [1.807, 2.05) is 117 Å². The molecule has 0 radical (unpaired) electrons. The molecule has 2 fully saturated rings. The molecule has 294 valence electrons. The van der Waals surface area contributed by atoms with Gasteiger partial charge in [-0.15, -0.1) is 0 Å². The van der Waals surface area contributed by atoms with Crippen LogP contribution in [0.5, 0.6) is 0 Å². The van der Waals surface area contributed by atoms with Gasteiger partial charge in [-0.25, -0.2) is 4.98 Å². The Balaban J connectivity index is 1.04. The highest BCUT2D eigenvalue weighted by molar-refractivity contribution is 6.03. The highest BCUT2D eigenvalue weighted by Gasteiger charge is 2.39. The largest absolute Gasteiger partial charge is 0.469 e. The quantitative estimate of drug-likeness (QED) is 0.106. The molecule has 1 aromatic heterocycles. The molecule has 0 bridgehead atoms. The average molecular weight is 760 g/mol. The van der Waals surface area contributed by atoms with Crippen LogP contribution < -0.4 is 0 Å². The molecule has 6 rings (SSSR count). The number of likely N-dealkylation sites (tertiary alicyclic amines) is 2. The number of rotatable bonds is 15. The van der Waals surface area contributed by atoms with Crippen molar-refractivity contribution in [3.8, 4) is 22.4 Å². The van der Waals surface area contributed by atoms with Gasteiger partial charge in [0.25, 0.3) is 0 Å². The first-order chi connectivity index (χ1) is 26.9. The highest BCUT2D eigenvalue weighted by atomic mass is 16.5. The summed E-state index contributed by atoms with van der Waals surface area (Å²) in [5.74, 6) is -0.610. The smallest absolute Gasteiger partial charge is 0.306 e. The van der Waals surface area contributed by atoms with Gasteiger partial charge in [-0.2, -0.15) is 0 Å². The van der Waals surface area contributed by atoms with Crippen LogP contribution in [0.15, 0.2) is 85.1 Å². The Bertz CT molecular complexity index is 2010. The van der Waals surface area contributed by atoms with Crippen LogP contribution in [-0.4, -0.2) is 94.4 Å². The topological polar surface area (TPSA) is 133 Å². The third-order valence-electron chi connectivity index (χ3n) is 11.2. The number of likely N-dealkylation sites (N-methyl/N-ethyl adjacent to an activating group) is 1. The minimum absolute atomic E-state index is 0.00198. The van der Waals surface area contributed by atoms with E-state index in [0.29, 0.717) is 19.5 Å². The number of carbonyl (C=O) groups excluding carboxylic acids is 5.